The third-order valence-corrected chi connectivity index (χ3v) is 3.29. The molecule has 116 valence electrons. The molecule has 0 aromatic rings. The van der Waals surface area contributed by atoms with Crippen molar-refractivity contribution in [1.82, 2.24) is 15.5 Å². The molecule has 0 saturated carbocycles. The molecule has 7 heteroatoms. The summed E-state index contributed by atoms with van der Waals surface area (Å²) in [5.41, 5.74) is -0.280. The van der Waals surface area contributed by atoms with Gasteiger partial charge < -0.3 is 15.5 Å². The Morgan fingerprint density at radius 3 is 2.48 bits per heavy atom. The number of nitriles is 1. The Hall–Kier alpha value is -2.10. The summed E-state index contributed by atoms with van der Waals surface area (Å²) in [7, 11) is 0. The number of nitrogens with one attached hydrogen (secondary N) is 2. The van der Waals surface area contributed by atoms with Gasteiger partial charge in [0.05, 0.1) is 12.0 Å². The molecule has 0 bridgehead atoms. The predicted octanol–water partition coefficient (Wildman–Crippen LogP) is -0.221. The van der Waals surface area contributed by atoms with Crippen molar-refractivity contribution in [2.45, 2.75) is 39.2 Å². The molecule has 21 heavy (non-hydrogen) atoms. The van der Waals surface area contributed by atoms with Crippen LogP contribution in [-0.4, -0.2) is 47.8 Å². The molecular weight excluding hydrogens is 272 g/mol. The fourth-order valence-electron chi connectivity index (χ4n) is 2.20. The zero-order chi connectivity index (χ0) is 16.0. The molecule has 1 unspecified atom stereocenters. The Morgan fingerprint density at radius 2 is 1.95 bits per heavy atom. The van der Waals surface area contributed by atoms with Crippen molar-refractivity contribution in [2.24, 2.45) is 5.92 Å². The zero-order valence-electron chi connectivity index (χ0n) is 12.7. The Balaban J connectivity index is 2.33. The second-order valence-electron chi connectivity index (χ2n) is 6.05. The highest BCUT2D eigenvalue weighted by atomic mass is 16.2. The number of carbonyl (C=O) groups excluding carboxylic acids is 3. The van der Waals surface area contributed by atoms with E-state index in [2.05, 4.69) is 10.6 Å². The van der Waals surface area contributed by atoms with Crippen molar-refractivity contribution in [3.8, 4) is 6.07 Å². The van der Waals surface area contributed by atoms with Crippen molar-refractivity contribution in [2.75, 3.05) is 19.6 Å². The van der Waals surface area contributed by atoms with E-state index in [0.29, 0.717) is 6.54 Å². The van der Waals surface area contributed by atoms with Gasteiger partial charge in [0.2, 0.25) is 17.7 Å². The highest BCUT2D eigenvalue weighted by Crippen LogP contribution is 2.25. The maximum Gasteiger partial charge on any atom is 0.234 e. The van der Waals surface area contributed by atoms with E-state index in [1.165, 1.54) is 0 Å². The van der Waals surface area contributed by atoms with Crippen molar-refractivity contribution >= 4 is 17.7 Å². The first-order chi connectivity index (χ1) is 9.75. The lowest BCUT2D eigenvalue weighted by Gasteiger charge is -2.31. The lowest BCUT2D eigenvalue weighted by atomic mass is 10.1. The molecule has 0 spiro atoms. The molecular formula is C14H22N4O3. The SMILES string of the molecule is CC(C)(C)N1CC(C(=O)NCCNC(=O)CC#N)CC1=O. The summed E-state index contributed by atoms with van der Waals surface area (Å²) in [6.07, 6.45) is 0.0372. The Kier molecular flexibility index (Phi) is 5.70. The van der Waals surface area contributed by atoms with E-state index < -0.39 is 0 Å². The van der Waals surface area contributed by atoms with Crippen LogP contribution in [0.25, 0.3) is 0 Å². The Labute approximate surface area is 124 Å². The predicted molar refractivity (Wildman–Crippen MR) is 75.8 cm³/mol. The fraction of sp³-hybridized carbons (Fsp3) is 0.714. The van der Waals surface area contributed by atoms with Crippen LogP contribution < -0.4 is 10.6 Å². The maximum absolute atomic E-state index is 12.0. The van der Waals surface area contributed by atoms with Crippen LogP contribution >= 0.6 is 0 Å². The van der Waals surface area contributed by atoms with Gasteiger partial charge in [0, 0.05) is 31.6 Å². The number of likely N-dealkylation sites (tertiary alicyclic amines) is 1. The molecule has 1 aliphatic heterocycles. The molecule has 2 N–H and O–H groups in total. The third-order valence-electron chi connectivity index (χ3n) is 3.29. The monoisotopic (exact) mass is 294 g/mol. The minimum atomic E-state index is -0.360. The average molecular weight is 294 g/mol. The molecule has 1 aliphatic rings. The molecule has 1 fully saturated rings. The van der Waals surface area contributed by atoms with E-state index >= 15 is 0 Å². The van der Waals surface area contributed by atoms with Gasteiger partial charge in [0.25, 0.3) is 0 Å². The number of carbonyl (C=O) groups is 3. The van der Waals surface area contributed by atoms with Crippen molar-refractivity contribution in [3.63, 3.8) is 0 Å². The highest BCUT2D eigenvalue weighted by Gasteiger charge is 2.39. The molecule has 3 amide bonds. The molecule has 1 atom stereocenters. The van der Waals surface area contributed by atoms with Gasteiger partial charge >= 0.3 is 0 Å². The second-order valence-corrected chi connectivity index (χ2v) is 6.05. The number of hydrogen-bond donors (Lipinski definition) is 2. The van der Waals surface area contributed by atoms with Crippen molar-refractivity contribution in [3.05, 3.63) is 0 Å². The van der Waals surface area contributed by atoms with Crippen LogP contribution in [0.4, 0.5) is 0 Å². The number of rotatable bonds is 5. The smallest absolute Gasteiger partial charge is 0.234 e. The Morgan fingerprint density at radius 1 is 1.33 bits per heavy atom. The number of amides is 3. The van der Waals surface area contributed by atoms with Gasteiger partial charge in [-0.15, -0.1) is 0 Å². The largest absolute Gasteiger partial charge is 0.354 e. The van der Waals surface area contributed by atoms with E-state index in [4.69, 9.17) is 5.26 Å². The minimum absolute atomic E-state index is 0.00928. The van der Waals surface area contributed by atoms with Crippen LogP contribution in [0.5, 0.6) is 0 Å². The van der Waals surface area contributed by atoms with Gasteiger partial charge in [-0.05, 0) is 20.8 Å². The van der Waals surface area contributed by atoms with E-state index in [0.717, 1.165) is 0 Å². The standard InChI is InChI=1S/C14H22N4O3/c1-14(2,3)18-9-10(8-12(18)20)13(21)17-7-6-16-11(19)4-5-15/h10H,4,6-9H2,1-3H3,(H,16,19)(H,17,21). The summed E-state index contributed by atoms with van der Waals surface area (Å²) in [4.78, 5) is 36.6. The molecule has 0 radical (unpaired) electrons. The number of hydrogen-bond acceptors (Lipinski definition) is 4. The van der Waals surface area contributed by atoms with E-state index in [9.17, 15) is 14.4 Å². The molecule has 0 aliphatic carbocycles. The van der Waals surface area contributed by atoms with Crippen LogP contribution in [-0.2, 0) is 14.4 Å². The molecule has 7 nitrogen and oxygen atoms in total. The first-order valence-corrected chi connectivity index (χ1v) is 6.97. The van der Waals surface area contributed by atoms with Gasteiger partial charge in [0.15, 0.2) is 0 Å². The van der Waals surface area contributed by atoms with Gasteiger partial charge in [-0.25, -0.2) is 0 Å². The molecule has 1 heterocycles. The third kappa shape index (κ3) is 5.06. The fourth-order valence-corrected chi connectivity index (χ4v) is 2.20. The first-order valence-electron chi connectivity index (χ1n) is 6.97. The van der Waals surface area contributed by atoms with Crippen molar-refractivity contribution in [1.29, 1.82) is 5.26 Å². The molecule has 0 aromatic carbocycles. The van der Waals surface area contributed by atoms with Gasteiger partial charge in [-0.1, -0.05) is 0 Å². The molecule has 1 saturated heterocycles. The van der Waals surface area contributed by atoms with E-state index in [-0.39, 0.29) is 55.1 Å². The minimum Gasteiger partial charge on any atom is -0.354 e. The Bertz CT molecular complexity index is 462. The zero-order valence-corrected chi connectivity index (χ0v) is 12.7. The lowest BCUT2D eigenvalue weighted by molar-refractivity contribution is -0.132. The van der Waals surface area contributed by atoms with Crippen LogP contribution in [0.1, 0.15) is 33.6 Å². The first kappa shape index (κ1) is 17.0. The normalized spacial score (nSPS) is 18.3. The summed E-state index contributed by atoms with van der Waals surface area (Å²) >= 11 is 0. The molecule has 0 aromatic heterocycles. The van der Waals surface area contributed by atoms with Crippen LogP contribution in [0.15, 0.2) is 0 Å². The highest BCUT2D eigenvalue weighted by molar-refractivity contribution is 5.89. The number of nitrogens with zero attached hydrogens (tertiary/aromatic N) is 2. The van der Waals surface area contributed by atoms with E-state index in [1.54, 1.807) is 11.0 Å². The average Bonchev–Trinajstić information content (AvgIpc) is 2.77. The summed E-state index contributed by atoms with van der Waals surface area (Å²) in [6, 6.07) is 1.74. The topological polar surface area (TPSA) is 102 Å². The summed E-state index contributed by atoms with van der Waals surface area (Å²) in [5.74, 6) is -0.886. The van der Waals surface area contributed by atoms with Crippen molar-refractivity contribution < 1.29 is 14.4 Å². The summed E-state index contributed by atoms with van der Waals surface area (Å²) in [6.45, 7) is 6.81. The lowest BCUT2D eigenvalue weighted by Crippen LogP contribution is -2.43. The summed E-state index contributed by atoms with van der Waals surface area (Å²) < 4.78 is 0. The summed E-state index contributed by atoms with van der Waals surface area (Å²) in [5, 5.41) is 13.5. The van der Waals surface area contributed by atoms with Gasteiger partial charge in [-0.3, -0.25) is 14.4 Å². The van der Waals surface area contributed by atoms with Crippen LogP contribution in [0.3, 0.4) is 0 Å². The quantitative estimate of drug-likeness (QED) is 0.684. The van der Waals surface area contributed by atoms with Gasteiger partial charge in [-0.2, -0.15) is 5.26 Å². The molecule has 1 rings (SSSR count). The second kappa shape index (κ2) is 7.07. The maximum atomic E-state index is 12.0. The van der Waals surface area contributed by atoms with Gasteiger partial charge in [0.1, 0.15) is 6.42 Å². The van der Waals surface area contributed by atoms with E-state index in [1.807, 2.05) is 20.8 Å². The van der Waals surface area contributed by atoms with Crippen LogP contribution in [0.2, 0.25) is 0 Å². The van der Waals surface area contributed by atoms with Crippen LogP contribution in [0, 0.1) is 17.2 Å².